The molecule has 552 valence electrons. The molecule has 0 bridgehead atoms. The Hall–Kier alpha value is -1.94. The topological polar surface area (TPSA) is 237 Å². The first kappa shape index (κ1) is 91.1. The van der Waals surface area contributed by atoms with E-state index in [0.717, 1.165) is 108 Å². The molecule has 17 nitrogen and oxygen atoms in total. The second kappa shape index (κ2) is 64.7. The summed E-state index contributed by atoms with van der Waals surface area (Å²) in [6, 6.07) is 0. The Morgan fingerprint density at radius 2 is 0.548 bits per heavy atom. The van der Waals surface area contributed by atoms with Crippen molar-refractivity contribution >= 4 is 39.5 Å². The number of phosphoric ester groups is 2. The van der Waals surface area contributed by atoms with Crippen LogP contribution in [0.4, 0.5) is 0 Å². The van der Waals surface area contributed by atoms with E-state index in [-0.39, 0.29) is 25.7 Å². The summed E-state index contributed by atoms with van der Waals surface area (Å²) in [6.07, 6.45) is 50.0. The lowest BCUT2D eigenvalue weighted by molar-refractivity contribution is -0.161. The first-order valence-electron chi connectivity index (χ1n) is 38.4. The van der Waals surface area contributed by atoms with Gasteiger partial charge in [-0.25, -0.2) is 9.13 Å². The Balaban J connectivity index is 5.24. The van der Waals surface area contributed by atoms with Crippen LogP contribution in [0.3, 0.4) is 0 Å². The first-order valence-corrected chi connectivity index (χ1v) is 41.4. The monoisotopic (exact) mass is 1370 g/mol. The summed E-state index contributed by atoms with van der Waals surface area (Å²) in [5.41, 5.74) is 0. The maximum Gasteiger partial charge on any atom is 0.472 e. The predicted molar refractivity (Wildman–Crippen MR) is 377 cm³/mol. The van der Waals surface area contributed by atoms with Crippen LogP contribution < -0.4 is 0 Å². The third-order valence-corrected chi connectivity index (χ3v) is 19.4. The van der Waals surface area contributed by atoms with Crippen LogP contribution in [0.5, 0.6) is 0 Å². The number of unbranched alkanes of at least 4 members (excludes halogenated alkanes) is 39. The third kappa shape index (κ3) is 67.0. The molecule has 0 saturated carbocycles. The van der Waals surface area contributed by atoms with Gasteiger partial charge in [-0.1, -0.05) is 325 Å². The smallest absolute Gasteiger partial charge is 0.462 e. The van der Waals surface area contributed by atoms with Gasteiger partial charge in [0.1, 0.15) is 19.3 Å². The molecular weight excluding hydrogens is 1220 g/mol. The number of ether oxygens (including phenoxy) is 4. The molecule has 0 rings (SSSR count). The summed E-state index contributed by atoms with van der Waals surface area (Å²) in [5, 5.41) is 10.6. The summed E-state index contributed by atoms with van der Waals surface area (Å²) in [7, 11) is -9.91. The fourth-order valence-corrected chi connectivity index (χ4v) is 12.8. The summed E-state index contributed by atoms with van der Waals surface area (Å²) in [5.74, 6) is 0.139. The van der Waals surface area contributed by atoms with Gasteiger partial charge in [0, 0.05) is 25.7 Å². The quantitative estimate of drug-likeness (QED) is 0.0222. The predicted octanol–water partition coefficient (Wildman–Crippen LogP) is 21.4. The highest BCUT2D eigenvalue weighted by atomic mass is 31.2. The van der Waals surface area contributed by atoms with Gasteiger partial charge in [-0.3, -0.25) is 37.3 Å². The van der Waals surface area contributed by atoms with E-state index in [0.29, 0.717) is 31.6 Å². The van der Waals surface area contributed by atoms with Crippen molar-refractivity contribution in [2.75, 3.05) is 39.6 Å². The molecule has 0 spiro atoms. The Bertz CT molecular complexity index is 1820. The highest BCUT2D eigenvalue weighted by Gasteiger charge is 2.30. The SMILES string of the molecule is CCCCCCCCCCCCCCCCC(=O)OC[C@H](COP(=O)(O)OC[C@@H](O)COP(=O)(O)OC[C@@H](COC(=O)CCCCCCCCC(C)C)OC(=O)CCCCCCCCCCCC(C)C)OC(=O)CCCCCCCCCCCCCCCCC(C)CC. The number of rotatable bonds is 72. The van der Waals surface area contributed by atoms with Crippen LogP contribution in [-0.4, -0.2) is 96.7 Å². The summed E-state index contributed by atoms with van der Waals surface area (Å²) in [4.78, 5) is 72.7. The van der Waals surface area contributed by atoms with E-state index in [2.05, 4.69) is 48.5 Å². The van der Waals surface area contributed by atoms with Crippen molar-refractivity contribution in [3.05, 3.63) is 0 Å². The van der Waals surface area contributed by atoms with E-state index >= 15 is 0 Å². The molecule has 0 aromatic rings. The minimum absolute atomic E-state index is 0.104. The van der Waals surface area contributed by atoms with Crippen LogP contribution in [0.25, 0.3) is 0 Å². The van der Waals surface area contributed by atoms with E-state index in [1.165, 1.54) is 180 Å². The minimum atomic E-state index is -4.96. The van der Waals surface area contributed by atoms with Crippen LogP contribution >= 0.6 is 15.6 Å². The lowest BCUT2D eigenvalue weighted by Crippen LogP contribution is -2.30. The van der Waals surface area contributed by atoms with Crippen LogP contribution in [0.15, 0.2) is 0 Å². The zero-order chi connectivity index (χ0) is 68.7. The average Bonchev–Trinajstić information content (AvgIpc) is 1.61. The number of aliphatic hydroxyl groups excluding tert-OH is 1. The number of carbonyl (C=O) groups is 4. The second-order valence-corrected chi connectivity index (χ2v) is 30.8. The van der Waals surface area contributed by atoms with E-state index in [1.54, 1.807) is 0 Å². The summed E-state index contributed by atoms with van der Waals surface area (Å²) in [6.45, 7) is 11.8. The van der Waals surface area contributed by atoms with Gasteiger partial charge in [0.25, 0.3) is 0 Å². The lowest BCUT2D eigenvalue weighted by atomic mass is 9.99. The van der Waals surface area contributed by atoms with E-state index in [9.17, 15) is 43.2 Å². The molecule has 0 aliphatic carbocycles. The molecule has 19 heteroatoms. The molecule has 0 amide bonds. The molecular formula is C74H144O17P2. The van der Waals surface area contributed by atoms with Gasteiger partial charge >= 0.3 is 39.5 Å². The molecule has 0 aliphatic heterocycles. The molecule has 3 unspecified atom stereocenters. The zero-order valence-electron chi connectivity index (χ0n) is 60.7. The Morgan fingerprint density at radius 1 is 0.312 bits per heavy atom. The fraction of sp³-hybridized carbons (Fsp3) is 0.946. The molecule has 0 radical (unpaired) electrons. The molecule has 0 heterocycles. The average molecular weight is 1370 g/mol. The number of hydrogen-bond donors (Lipinski definition) is 3. The van der Waals surface area contributed by atoms with Gasteiger partial charge in [0.05, 0.1) is 26.4 Å². The maximum absolute atomic E-state index is 13.1. The fourth-order valence-electron chi connectivity index (χ4n) is 11.2. The highest BCUT2D eigenvalue weighted by molar-refractivity contribution is 7.47. The van der Waals surface area contributed by atoms with Crippen LogP contribution in [0.1, 0.15) is 376 Å². The third-order valence-electron chi connectivity index (χ3n) is 17.5. The Kier molecular flexibility index (Phi) is 63.4. The van der Waals surface area contributed by atoms with Gasteiger partial charge in [-0.15, -0.1) is 0 Å². The van der Waals surface area contributed by atoms with Gasteiger partial charge in [0.15, 0.2) is 12.2 Å². The van der Waals surface area contributed by atoms with E-state index in [4.69, 9.17) is 37.0 Å². The highest BCUT2D eigenvalue weighted by Crippen LogP contribution is 2.45. The standard InChI is InChI=1S/C74H144O17P2/c1-8-10-11-12-13-14-15-16-20-23-28-33-41-48-55-71(76)84-61-69(90-73(78)57-50-43-34-29-24-21-18-17-19-22-27-32-40-47-54-67(7)9-2)63-88-92(80,81)86-59-68(75)60-87-93(82,83)89-64-70(62-85-72(77)56-49-42-37-36-39-46-53-66(5)6)91-74(79)58-51-44-35-30-25-26-31-38-45-52-65(3)4/h65-70,75H,8-64H2,1-7H3,(H,80,81)(H,82,83)/t67?,68-,69-,70-/m1/s1. The van der Waals surface area contributed by atoms with E-state index in [1.807, 2.05) is 0 Å². The molecule has 0 saturated heterocycles. The number of esters is 4. The van der Waals surface area contributed by atoms with Crippen molar-refractivity contribution in [3.63, 3.8) is 0 Å². The normalized spacial score (nSPS) is 14.4. The van der Waals surface area contributed by atoms with Gasteiger partial charge in [-0.05, 0) is 43.4 Å². The second-order valence-electron chi connectivity index (χ2n) is 27.9. The summed E-state index contributed by atoms with van der Waals surface area (Å²) < 4.78 is 68.4. The molecule has 6 atom stereocenters. The molecule has 0 aliphatic rings. The van der Waals surface area contributed by atoms with Gasteiger partial charge < -0.3 is 33.8 Å². The van der Waals surface area contributed by atoms with Gasteiger partial charge in [-0.2, -0.15) is 0 Å². The van der Waals surface area contributed by atoms with Crippen molar-refractivity contribution < 1.29 is 80.2 Å². The molecule has 3 N–H and O–H groups in total. The maximum atomic E-state index is 13.1. The Labute approximate surface area is 568 Å². The number of carbonyl (C=O) groups excluding carboxylic acids is 4. The number of hydrogen-bond acceptors (Lipinski definition) is 15. The summed E-state index contributed by atoms with van der Waals surface area (Å²) >= 11 is 0. The minimum Gasteiger partial charge on any atom is -0.462 e. The molecule has 0 fully saturated rings. The van der Waals surface area contributed by atoms with Crippen molar-refractivity contribution in [1.29, 1.82) is 0 Å². The molecule has 93 heavy (non-hydrogen) atoms. The number of aliphatic hydroxyl groups is 1. The van der Waals surface area contributed by atoms with Crippen LogP contribution in [0.2, 0.25) is 0 Å². The van der Waals surface area contributed by atoms with Gasteiger partial charge in [0.2, 0.25) is 0 Å². The van der Waals surface area contributed by atoms with Crippen molar-refractivity contribution in [3.8, 4) is 0 Å². The molecule has 0 aromatic heterocycles. The van der Waals surface area contributed by atoms with Crippen molar-refractivity contribution in [1.82, 2.24) is 0 Å². The van der Waals surface area contributed by atoms with Crippen molar-refractivity contribution in [2.45, 2.75) is 394 Å². The first-order chi connectivity index (χ1) is 44.8. The van der Waals surface area contributed by atoms with Crippen molar-refractivity contribution in [2.24, 2.45) is 17.8 Å². The Morgan fingerprint density at radius 3 is 0.817 bits per heavy atom. The molecule has 0 aromatic carbocycles. The van der Waals surface area contributed by atoms with Crippen LogP contribution in [0, 0.1) is 17.8 Å². The largest absolute Gasteiger partial charge is 0.472 e. The number of phosphoric acid groups is 2. The van der Waals surface area contributed by atoms with Crippen LogP contribution in [-0.2, 0) is 65.4 Å². The zero-order valence-corrected chi connectivity index (χ0v) is 62.5. The van der Waals surface area contributed by atoms with E-state index < -0.39 is 97.5 Å². The lowest BCUT2D eigenvalue weighted by Gasteiger charge is -2.21.